The summed E-state index contributed by atoms with van der Waals surface area (Å²) in [5.41, 5.74) is 4.15. The Morgan fingerprint density at radius 1 is 1.38 bits per heavy atom. The highest BCUT2D eigenvalue weighted by Crippen LogP contribution is 2.25. The minimum atomic E-state index is 0.482. The fraction of sp³-hybridized carbons (Fsp3) is 0.375. The van der Waals surface area contributed by atoms with Gasteiger partial charge in [0.05, 0.1) is 0 Å². The van der Waals surface area contributed by atoms with E-state index in [1.165, 1.54) is 16.7 Å². The zero-order valence-corrected chi connectivity index (χ0v) is 10.8. The molecular formula is C16H22. The van der Waals surface area contributed by atoms with E-state index in [1.54, 1.807) is 0 Å². The summed E-state index contributed by atoms with van der Waals surface area (Å²) in [6, 6.07) is 8.78. The van der Waals surface area contributed by atoms with Crippen molar-refractivity contribution in [3.8, 4) is 0 Å². The van der Waals surface area contributed by atoms with Gasteiger partial charge < -0.3 is 0 Å². The third kappa shape index (κ3) is 3.37. The average Bonchev–Trinajstić information content (AvgIpc) is 2.28. The van der Waals surface area contributed by atoms with E-state index in [2.05, 4.69) is 70.2 Å². The summed E-state index contributed by atoms with van der Waals surface area (Å²) in [6.07, 6.45) is 7.74. The summed E-state index contributed by atoms with van der Waals surface area (Å²) in [5, 5.41) is 0. The van der Waals surface area contributed by atoms with Gasteiger partial charge in [-0.15, -0.1) is 0 Å². The predicted octanol–water partition coefficient (Wildman–Crippen LogP) is 5.01. The van der Waals surface area contributed by atoms with Crippen molar-refractivity contribution >= 4 is 0 Å². The standard InChI is InChI=1S/C16H22/c1-5-8-15(9-6-2)14(4)16-11-7-10-13(3)12-16/h5,7-12,14H,6H2,1-4H3/b8-5-,15-9+. The van der Waals surface area contributed by atoms with Crippen LogP contribution in [-0.4, -0.2) is 0 Å². The molecular weight excluding hydrogens is 192 g/mol. The van der Waals surface area contributed by atoms with Crippen molar-refractivity contribution in [2.24, 2.45) is 0 Å². The highest BCUT2D eigenvalue weighted by atomic mass is 14.1. The van der Waals surface area contributed by atoms with E-state index in [0.29, 0.717) is 5.92 Å². The van der Waals surface area contributed by atoms with Gasteiger partial charge in [-0.3, -0.25) is 0 Å². The summed E-state index contributed by atoms with van der Waals surface area (Å²) in [4.78, 5) is 0. The molecule has 0 amide bonds. The van der Waals surface area contributed by atoms with E-state index in [0.717, 1.165) is 6.42 Å². The molecule has 16 heavy (non-hydrogen) atoms. The van der Waals surface area contributed by atoms with Crippen LogP contribution >= 0.6 is 0 Å². The first-order valence-electron chi connectivity index (χ1n) is 6.08. The Bertz CT molecular complexity index is 383. The smallest absolute Gasteiger partial charge is 0.00578 e. The summed E-state index contributed by atoms with van der Waals surface area (Å²) >= 11 is 0. The number of rotatable bonds is 4. The van der Waals surface area contributed by atoms with Crippen LogP contribution in [0.15, 0.2) is 48.1 Å². The minimum absolute atomic E-state index is 0.482. The molecule has 1 rings (SSSR count). The van der Waals surface area contributed by atoms with Gasteiger partial charge in [0.1, 0.15) is 0 Å². The van der Waals surface area contributed by atoms with E-state index in [1.807, 2.05) is 0 Å². The second kappa shape index (κ2) is 6.32. The van der Waals surface area contributed by atoms with E-state index in [4.69, 9.17) is 0 Å². The molecule has 1 atom stereocenters. The van der Waals surface area contributed by atoms with Crippen molar-refractivity contribution in [2.75, 3.05) is 0 Å². The van der Waals surface area contributed by atoms with E-state index in [9.17, 15) is 0 Å². The molecule has 0 saturated heterocycles. The molecule has 0 bridgehead atoms. The predicted molar refractivity (Wildman–Crippen MR) is 72.8 cm³/mol. The minimum Gasteiger partial charge on any atom is -0.0874 e. The lowest BCUT2D eigenvalue weighted by Gasteiger charge is -2.14. The first kappa shape index (κ1) is 12.8. The van der Waals surface area contributed by atoms with Crippen LogP contribution in [0.25, 0.3) is 0 Å². The maximum absolute atomic E-state index is 2.31. The second-order valence-corrected chi connectivity index (χ2v) is 4.25. The van der Waals surface area contributed by atoms with Crippen molar-refractivity contribution < 1.29 is 0 Å². The number of aryl methyl sites for hydroxylation is 1. The Morgan fingerprint density at radius 3 is 2.69 bits per heavy atom. The van der Waals surface area contributed by atoms with Gasteiger partial charge in [0.2, 0.25) is 0 Å². The molecule has 0 aliphatic carbocycles. The quantitative estimate of drug-likeness (QED) is 0.618. The normalized spacial score (nSPS) is 14.4. The maximum Gasteiger partial charge on any atom is 0.00578 e. The van der Waals surface area contributed by atoms with Gasteiger partial charge in [-0.05, 0) is 31.4 Å². The van der Waals surface area contributed by atoms with Crippen LogP contribution in [0.4, 0.5) is 0 Å². The third-order valence-electron chi connectivity index (χ3n) is 2.84. The average molecular weight is 214 g/mol. The van der Waals surface area contributed by atoms with E-state index in [-0.39, 0.29) is 0 Å². The largest absolute Gasteiger partial charge is 0.0874 e. The first-order valence-corrected chi connectivity index (χ1v) is 6.08. The number of hydrogen-bond acceptors (Lipinski definition) is 0. The molecule has 0 saturated carbocycles. The Hall–Kier alpha value is -1.30. The zero-order chi connectivity index (χ0) is 12.0. The molecule has 1 aromatic carbocycles. The SMILES string of the molecule is C/C=C\C(=C/CC)C(C)c1cccc(C)c1. The molecule has 1 unspecified atom stereocenters. The van der Waals surface area contributed by atoms with Gasteiger partial charge in [0, 0.05) is 5.92 Å². The van der Waals surface area contributed by atoms with Crippen LogP contribution in [0, 0.1) is 6.92 Å². The molecule has 0 radical (unpaired) electrons. The Balaban J connectivity index is 2.99. The summed E-state index contributed by atoms with van der Waals surface area (Å²) < 4.78 is 0. The zero-order valence-electron chi connectivity index (χ0n) is 10.8. The molecule has 0 aromatic heterocycles. The summed E-state index contributed by atoms with van der Waals surface area (Å²) in [5.74, 6) is 0.482. The lowest BCUT2D eigenvalue weighted by Crippen LogP contribution is -1.96. The molecule has 86 valence electrons. The van der Waals surface area contributed by atoms with Gasteiger partial charge in [-0.2, -0.15) is 0 Å². The van der Waals surface area contributed by atoms with Gasteiger partial charge in [-0.25, -0.2) is 0 Å². The fourth-order valence-electron chi connectivity index (χ4n) is 1.95. The monoisotopic (exact) mass is 214 g/mol. The molecule has 0 aliphatic heterocycles. The Labute approximate surface area is 99.7 Å². The topological polar surface area (TPSA) is 0 Å². The Morgan fingerprint density at radius 2 is 2.12 bits per heavy atom. The van der Waals surface area contributed by atoms with Crippen LogP contribution in [0.5, 0.6) is 0 Å². The second-order valence-electron chi connectivity index (χ2n) is 4.25. The summed E-state index contributed by atoms with van der Waals surface area (Å²) in [7, 11) is 0. The molecule has 0 nitrogen and oxygen atoms in total. The maximum atomic E-state index is 2.31. The van der Waals surface area contributed by atoms with Crippen LogP contribution in [0.3, 0.4) is 0 Å². The molecule has 0 aliphatic rings. The van der Waals surface area contributed by atoms with Crippen LogP contribution < -0.4 is 0 Å². The van der Waals surface area contributed by atoms with Crippen molar-refractivity contribution in [3.63, 3.8) is 0 Å². The fourth-order valence-corrected chi connectivity index (χ4v) is 1.95. The molecule has 0 heteroatoms. The van der Waals surface area contributed by atoms with Gasteiger partial charge in [-0.1, -0.05) is 61.9 Å². The Kier molecular flexibility index (Phi) is 5.04. The van der Waals surface area contributed by atoms with Crippen molar-refractivity contribution in [1.29, 1.82) is 0 Å². The highest BCUT2D eigenvalue weighted by molar-refractivity contribution is 5.35. The third-order valence-corrected chi connectivity index (χ3v) is 2.84. The van der Waals surface area contributed by atoms with E-state index < -0.39 is 0 Å². The van der Waals surface area contributed by atoms with Gasteiger partial charge in [0.15, 0.2) is 0 Å². The molecule has 0 fully saturated rings. The lowest BCUT2D eigenvalue weighted by molar-refractivity contribution is 0.907. The van der Waals surface area contributed by atoms with Gasteiger partial charge in [0.25, 0.3) is 0 Å². The highest BCUT2D eigenvalue weighted by Gasteiger charge is 2.08. The molecule has 0 N–H and O–H groups in total. The molecule has 0 spiro atoms. The first-order chi connectivity index (χ1) is 7.69. The molecule has 1 aromatic rings. The van der Waals surface area contributed by atoms with Crippen LogP contribution in [0.1, 0.15) is 44.2 Å². The van der Waals surface area contributed by atoms with Crippen molar-refractivity contribution in [1.82, 2.24) is 0 Å². The number of hydrogen-bond donors (Lipinski definition) is 0. The van der Waals surface area contributed by atoms with Crippen LogP contribution in [-0.2, 0) is 0 Å². The number of benzene rings is 1. The number of allylic oxidation sites excluding steroid dienone is 4. The lowest BCUT2D eigenvalue weighted by atomic mass is 9.91. The van der Waals surface area contributed by atoms with Crippen molar-refractivity contribution in [2.45, 2.75) is 40.0 Å². The molecule has 0 heterocycles. The van der Waals surface area contributed by atoms with Gasteiger partial charge >= 0.3 is 0 Å². The van der Waals surface area contributed by atoms with Crippen LogP contribution in [0.2, 0.25) is 0 Å². The van der Waals surface area contributed by atoms with E-state index >= 15 is 0 Å². The van der Waals surface area contributed by atoms with Crippen molar-refractivity contribution in [3.05, 3.63) is 59.2 Å². The summed E-state index contributed by atoms with van der Waals surface area (Å²) in [6.45, 7) is 8.68.